The normalized spacial score (nSPS) is 14.1. The van der Waals surface area contributed by atoms with E-state index < -0.39 is 17.2 Å². The summed E-state index contributed by atoms with van der Waals surface area (Å²) >= 11 is 0.523. The van der Waals surface area contributed by atoms with Crippen LogP contribution in [0, 0.1) is 0 Å². The zero-order valence-electron chi connectivity index (χ0n) is 7.30. The van der Waals surface area contributed by atoms with Gasteiger partial charge in [0.05, 0.1) is 12.3 Å². The fourth-order valence-electron chi connectivity index (χ4n) is 0.722. The smallest absolute Gasteiger partial charge is 0.392 e. The van der Waals surface area contributed by atoms with Crippen molar-refractivity contribution in [2.24, 2.45) is 0 Å². The molecular weight excluding hydrogens is 217 g/mol. The number of rotatable bonds is 3. The fourth-order valence-corrected chi connectivity index (χ4v) is 1.41. The lowest BCUT2D eigenvalue weighted by molar-refractivity contribution is -0.134. The summed E-state index contributed by atoms with van der Waals surface area (Å²) in [6.07, 6.45) is -4.19. The molecule has 0 aliphatic heterocycles. The van der Waals surface area contributed by atoms with Gasteiger partial charge >= 0.3 is 6.18 Å². The van der Waals surface area contributed by atoms with Crippen LogP contribution in [0.15, 0.2) is 6.20 Å². The molecule has 14 heavy (non-hydrogen) atoms. The summed E-state index contributed by atoms with van der Waals surface area (Å²) in [4.78, 5) is 2.79. The molecule has 1 aromatic heterocycles. The van der Waals surface area contributed by atoms with Gasteiger partial charge in [-0.05, 0) is 6.92 Å². The molecule has 0 saturated heterocycles. The molecule has 0 aromatic carbocycles. The molecule has 0 unspecified atom stereocenters. The number of anilines is 1. The Hall–Kier alpha value is -0.820. The van der Waals surface area contributed by atoms with Crippen molar-refractivity contribution >= 4 is 16.5 Å². The molecule has 0 spiro atoms. The number of alkyl halides is 3. The molecule has 3 nitrogen and oxygen atoms in total. The van der Waals surface area contributed by atoms with Gasteiger partial charge in [0.15, 0.2) is 5.13 Å². The third-order valence-electron chi connectivity index (χ3n) is 1.33. The second-order valence-electron chi connectivity index (χ2n) is 2.76. The summed E-state index contributed by atoms with van der Waals surface area (Å²) in [5.41, 5.74) is 0. The van der Waals surface area contributed by atoms with Crippen molar-refractivity contribution in [1.29, 1.82) is 0 Å². The molecular formula is C7H9F3N2OS. The number of aliphatic hydroxyl groups excluding tert-OH is 1. The van der Waals surface area contributed by atoms with Crippen molar-refractivity contribution in [1.82, 2.24) is 4.98 Å². The zero-order chi connectivity index (χ0) is 10.8. The van der Waals surface area contributed by atoms with Crippen LogP contribution in [-0.2, 0) is 6.18 Å². The first kappa shape index (κ1) is 11.3. The van der Waals surface area contributed by atoms with E-state index in [4.69, 9.17) is 5.11 Å². The second kappa shape index (κ2) is 4.14. The maximum absolute atomic E-state index is 12.1. The highest BCUT2D eigenvalue weighted by Gasteiger charge is 2.33. The molecule has 0 aliphatic carbocycles. The molecule has 1 atom stereocenters. The Morgan fingerprint density at radius 3 is 2.71 bits per heavy atom. The largest absolute Gasteiger partial charge is 0.427 e. The van der Waals surface area contributed by atoms with Gasteiger partial charge in [0.1, 0.15) is 4.88 Å². The standard InChI is InChI=1S/C7H9F3N2OS/c1-4(13)2-11-6-12-3-5(14-6)7(8,9)10/h3-4,13H,2H2,1H3,(H,11,12)/t4-/m1/s1. The van der Waals surface area contributed by atoms with Gasteiger partial charge in [0, 0.05) is 6.54 Å². The van der Waals surface area contributed by atoms with E-state index in [1.807, 2.05) is 0 Å². The lowest BCUT2D eigenvalue weighted by Gasteiger charge is -2.04. The summed E-state index contributed by atoms with van der Waals surface area (Å²) in [5, 5.41) is 11.6. The van der Waals surface area contributed by atoms with Crippen LogP contribution >= 0.6 is 11.3 Å². The predicted molar refractivity (Wildman–Crippen MR) is 47.3 cm³/mol. The molecule has 1 aromatic rings. The van der Waals surface area contributed by atoms with Crippen molar-refractivity contribution < 1.29 is 18.3 Å². The summed E-state index contributed by atoms with van der Waals surface area (Å²) < 4.78 is 36.3. The number of aromatic nitrogens is 1. The topological polar surface area (TPSA) is 45.1 Å². The molecule has 1 heterocycles. The number of thiazole rings is 1. The van der Waals surface area contributed by atoms with E-state index in [0.717, 1.165) is 6.20 Å². The monoisotopic (exact) mass is 226 g/mol. The Morgan fingerprint density at radius 1 is 1.64 bits per heavy atom. The molecule has 0 amide bonds. The van der Waals surface area contributed by atoms with Crippen molar-refractivity contribution in [2.45, 2.75) is 19.2 Å². The number of halogens is 3. The van der Waals surface area contributed by atoms with Gasteiger partial charge in [-0.1, -0.05) is 11.3 Å². The van der Waals surface area contributed by atoms with Crippen molar-refractivity contribution in [3.05, 3.63) is 11.1 Å². The highest BCUT2D eigenvalue weighted by atomic mass is 32.1. The fraction of sp³-hybridized carbons (Fsp3) is 0.571. The van der Waals surface area contributed by atoms with E-state index in [0.29, 0.717) is 11.3 Å². The van der Waals surface area contributed by atoms with E-state index >= 15 is 0 Å². The van der Waals surface area contributed by atoms with Gasteiger partial charge in [-0.3, -0.25) is 0 Å². The van der Waals surface area contributed by atoms with Crippen LogP contribution in [0.1, 0.15) is 11.8 Å². The van der Waals surface area contributed by atoms with Gasteiger partial charge in [0.2, 0.25) is 0 Å². The minimum Gasteiger partial charge on any atom is -0.392 e. The molecule has 0 radical (unpaired) electrons. The first-order valence-electron chi connectivity index (χ1n) is 3.84. The molecule has 0 bridgehead atoms. The van der Waals surface area contributed by atoms with E-state index in [2.05, 4.69) is 10.3 Å². The minimum absolute atomic E-state index is 0.165. The molecule has 2 N–H and O–H groups in total. The molecule has 0 saturated carbocycles. The molecule has 80 valence electrons. The van der Waals surface area contributed by atoms with Crippen molar-refractivity contribution in [2.75, 3.05) is 11.9 Å². The van der Waals surface area contributed by atoms with Gasteiger partial charge in [-0.2, -0.15) is 13.2 Å². The van der Waals surface area contributed by atoms with Gasteiger partial charge in [-0.25, -0.2) is 4.98 Å². The number of hydrogen-bond donors (Lipinski definition) is 2. The Labute approximate surface area is 82.6 Å². The van der Waals surface area contributed by atoms with E-state index in [-0.39, 0.29) is 11.7 Å². The highest BCUT2D eigenvalue weighted by Crippen LogP contribution is 2.34. The minimum atomic E-state index is -4.34. The van der Waals surface area contributed by atoms with Crippen molar-refractivity contribution in [3.8, 4) is 0 Å². The van der Waals surface area contributed by atoms with E-state index in [1.165, 1.54) is 6.92 Å². The first-order chi connectivity index (χ1) is 6.39. The first-order valence-corrected chi connectivity index (χ1v) is 4.66. The quantitative estimate of drug-likeness (QED) is 0.828. The van der Waals surface area contributed by atoms with Crippen LogP contribution < -0.4 is 5.32 Å². The van der Waals surface area contributed by atoms with E-state index in [9.17, 15) is 13.2 Å². The number of nitrogens with one attached hydrogen (secondary N) is 1. The maximum atomic E-state index is 12.1. The third-order valence-corrected chi connectivity index (χ3v) is 2.33. The summed E-state index contributed by atoms with van der Waals surface area (Å²) in [5.74, 6) is 0. The Morgan fingerprint density at radius 2 is 2.29 bits per heavy atom. The Kier molecular flexibility index (Phi) is 3.33. The lowest BCUT2D eigenvalue weighted by atomic mass is 10.4. The molecule has 7 heteroatoms. The second-order valence-corrected chi connectivity index (χ2v) is 3.79. The van der Waals surface area contributed by atoms with Gasteiger partial charge in [0.25, 0.3) is 0 Å². The molecule has 1 rings (SSSR count). The predicted octanol–water partition coefficient (Wildman–Crippen LogP) is 1.95. The number of hydrogen-bond acceptors (Lipinski definition) is 4. The van der Waals surface area contributed by atoms with Crippen LogP contribution in [0.4, 0.5) is 18.3 Å². The van der Waals surface area contributed by atoms with Gasteiger partial charge < -0.3 is 10.4 Å². The average molecular weight is 226 g/mol. The summed E-state index contributed by atoms with van der Waals surface area (Å²) in [6, 6.07) is 0. The lowest BCUT2D eigenvalue weighted by Crippen LogP contribution is -2.14. The highest BCUT2D eigenvalue weighted by molar-refractivity contribution is 7.15. The van der Waals surface area contributed by atoms with Crippen LogP contribution in [0.5, 0.6) is 0 Å². The SMILES string of the molecule is C[C@@H](O)CNc1ncc(C(F)(F)F)s1. The zero-order valence-corrected chi connectivity index (χ0v) is 8.11. The average Bonchev–Trinajstić information content (AvgIpc) is 2.47. The Bertz CT molecular complexity index is 297. The molecule has 0 fully saturated rings. The third kappa shape index (κ3) is 3.15. The summed E-state index contributed by atoms with van der Waals surface area (Å²) in [7, 11) is 0. The summed E-state index contributed by atoms with van der Waals surface area (Å²) in [6.45, 7) is 1.72. The van der Waals surface area contributed by atoms with Crippen LogP contribution in [0.3, 0.4) is 0 Å². The van der Waals surface area contributed by atoms with Crippen molar-refractivity contribution in [3.63, 3.8) is 0 Å². The van der Waals surface area contributed by atoms with Crippen LogP contribution in [-0.4, -0.2) is 22.7 Å². The van der Waals surface area contributed by atoms with Crippen LogP contribution in [0.2, 0.25) is 0 Å². The Balaban J connectivity index is 2.60. The maximum Gasteiger partial charge on any atom is 0.427 e. The molecule has 0 aliphatic rings. The van der Waals surface area contributed by atoms with Crippen LogP contribution in [0.25, 0.3) is 0 Å². The van der Waals surface area contributed by atoms with Gasteiger partial charge in [-0.15, -0.1) is 0 Å². The number of nitrogens with zero attached hydrogens (tertiary/aromatic N) is 1. The number of aliphatic hydroxyl groups is 1. The van der Waals surface area contributed by atoms with E-state index in [1.54, 1.807) is 0 Å².